The second-order valence-electron chi connectivity index (χ2n) is 7.29. The van der Waals surface area contributed by atoms with Crippen LogP contribution in [-0.4, -0.2) is 30.6 Å². The maximum Gasteiger partial charge on any atom is 0.0237 e. The van der Waals surface area contributed by atoms with E-state index in [0.717, 1.165) is 12.6 Å². The lowest BCUT2D eigenvalue weighted by molar-refractivity contribution is 0.162. The molecule has 0 bridgehead atoms. The molecule has 1 N–H and O–H groups in total. The lowest BCUT2D eigenvalue weighted by atomic mass is 9.89. The van der Waals surface area contributed by atoms with Gasteiger partial charge < -0.3 is 5.32 Å². The molecule has 21 heavy (non-hydrogen) atoms. The number of benzene rings is 1. The number of aryl methyl sites for hydroxylation is 2. The predicted molar refractivity (Wildman–Crippen MR) is 92.2 cm³/mol. The summed E-state index contributed by atoms with van der Waals surface area (Å²) in [7, 11) is 0. The molecule has 0 amide bonds. The monoisotopic (exact) mass is 308 g/mol. The van der Waals surface area contributed by atoms with Crippen molar-refractivity contribution in [2.24, 2.45) is 5.41 Å². The molecule has 1 aliphatic heterocycles. The van der Waals surface area contributed by atoms with Gasteiger partial charge in [-0.25, -0.2) is 0 Å². The summed E-state index contributed by atoms with van der Waals surface area (Å²) in [4.78, 5) is 2.73. The normalized spacial score (nSPS) is 25.1. The first-order valence-corrected chi connectivity index (χ1v) is 8.07. The summed E-state index contributed by atoms with van der Waals surface area (Å²) in [6.45, 7) is 11.6. The van der Waals surface area contributed by atoms with Crippen molar-refractivity contribution in [2.75, 3.05) is 19.6 Å². The van der Waals surface area contributed by atoms with E-state index < -0.39 is 0 Å². The van der Waals surface area contributed by atoms with Gasteiger partial charge in [0.05, 0.1) is 0 Å². The van der Waals surface area contributed by atoms with Crippen LogP contribution in [0.1, 0.15) is 42.9 Å². The first-order chi connectivity index (χ1) is 9.56. The average molecular weight is 309 g/mol. The first kappa shape index (κ1) is 16.8. The summed E-state index contributed by atoms with van der Waals surface area (Å²) in [5.41, 5.74) is 4.78. The summed E-state index contributed by atoms with van der Waals surface area (Å²) in [5, 5.41) is 3.53. The highest BCUT2D eigenvalue weighted by Gasteiger charge is 2.36. The van der Waals surface area contributed by atoms with Crippen molar-refractivity contribution in [1.29, 1.82) is 0 Å². The Hall–Kier alpha value is -0.570. The zero-order valence-electron chi connectivity index (χ0n) is 13.6. The van der Waals surface area contributed by atoms with Crippen molar-refractivity contribution in [3.63, 3.8) is 0 Å². The first-order valence-electron chi connectivity index (χ1n) is 8.07. The minimum absolute atomic E-state index is 0. The fourth-order valence-electron chi connectivity index (χ4n) is 3.38. The van der Waals surface area contributed by atoms with Crippen LogP contribution < -0.4 is 5.32 Å². The molecule has 1 unspecified atom stereocenters. The minimum Gasteiger partial charge on any atom is -0.316 e. The SMILES string of the molecule is Cc1ccc(CN(CC2(C)CCNC2)C2CC2)cc1C.Cl. The van der Waals surface area contributed by atoms with E-state index in [4.69, 9.17) is 0 Å². The van der Waals surface area contributed by atoms with Crippen molar-refractivity contribution < 1.29 is 0 Å². The molecule has 1 aliphatic carbocycles. The molecule has 118 valence electrons. The molecule has 2 fully saturated rings. The summed E-state index contributed by atoms with van der Waals surface area (Å²) in [5.74, 6) is 0. The van der Waals surface area contributed by atoms with Crippen molar-refractivity contribution in [3.05, 3.63) is 34.9 Å². The van der Waals surface area contributed by atoms with E-state index in [-0.39, 0.29) is 12.4 Å². The second kappa shape index (κ2) is 6.68. The van der Waals surface area contributed by atoms with E-state index in [0.29, 0.717) is 5.41 Å². The van der Waals surface area contributed by atoms with E-state index in [9.17, 15) is 0 Å². The summed E-state index contributed by atoms with van der Waals surface area (Å²) < 4.78 is 0. The third-order valence-corrected chi connectivity index (χ3v) is 5.06. The average Bonchev–Trinajstić information content (AvgIpc) is 3.17. The maximum absolute atomic E-state index is 3.53. The number of hydrogen-bond donors (Lipinski definition) is 1. The quantitative estimate of drug-likeness (QED) is 0.892. The Balaban J connectivity index is 0.00000161. The van der Waals surface area contributed by atoms with Crippen LogP contribution in [0.2, 0.25) is 0 Å². The number of hydrogen-bond acceptors (Lipinski definition) is 2. The smallest absolute Gasteiger partial charge is 0.0237 e. The molecule has 1 aromatic rings. The molecule has 3 heteroatoms. The fourth-order valence-corrected chi connectivity index (χ4v) is 3.38. The Bertz CT molecular complexity index is 476. The van der Waals surface area contributed by atoms with Crippen LogP contribution in [0.5, 0.6) is 0 Å². The second-order valence-corrected chi connectivity index (χ2v) is 7.29. The van der Waals surface area contributed by atoms with E-state index in [1.807, 2.05) is 0 Å². The molecule has 1 aromatic carbocycles. The van der Waals surface area contributed by atoms with Gasteiger partial charge in [0.15, 0.2) is 0 Å². The van der Waals surface area contributed by atoms with Gasteiger partial charge in [-0.05, 0) is 61.8 Å². The molecule has 2 aliphatic rings. The van der Waals surface area contributed by atoms with Crippen LogP contribution in [0.4, 0.5) is 0 Å². The van der Waals surface area contributed by atoms with Crippen LogP contribution in [0.25, 0.3) is 0 Å². The Labute approximate surface area is 135 Å². The van der Waals surface area contributed by atoms with E-state index in [1.54, 1.807) is 0 Å². The molecule has 1 saturated carbocycles. The number of halogens is 1. The largest absolute Gasteiger partial charge is 0.316 e. The molecular weight excluding hydrogens is 280 g/mol. The number of nitrogens with one attached hydrogen (secondary N) is 1. The van der Waals surface area contributed by atoms with Crippen molar-refractivity contribution in [2.45, 2.75) is 52.6 Å². The van der Waals surface area contributed by atoms with Crippen molar-refractivity contribution in [3.8, 4) is 0 Å². The van der Waals surface area contributed by atoms with Gasteiger partial charge in [0.25, 0.3) is 0 Å². The topological polar surface area (TPSA) is 15.3 Å². The Morgan fingerprint density at radius 1 is 1.24 bits per heavy atom. The molecule has 2 nitrogen and oxygen atoms in total. The third-order valence-electron chi connectivity index (χ3n) is 5.06. The number of nitrogens with zero attached hydrogens (tertiary/aromatic N) is 1. The van der Waals surface area contributed by atoms with Crippen LogP contribution >= 0.6 is 12.4 Å². The maximum atomic E-state index is 3.53. The van der Waals surface area contributed by atoms with Crippen LogP contribution in [0.3, 0.4) is 0 Å². The molecule has 1 heterocycles. The van der Waals surface area contributed by atoms with Gasteiger partial charge in [-0.2, -0.15) is 0 Å². The third kappa shape index (κ3) is 4.21. The standard InChI is InChI=1S/C18H28N2.ClH/c1-14-4-5-16(10-15(14)2)11-20(17-6-7-17)13-18(3)8-9-19-12-18;/h4-5,10,17,19H,6-9,11-13H2,1-3H3;1H. The van der Waals surface area contributed by atoms with Crippen molar-refractivity contribution >= 4 is 12.4 Å². The zero-order valence-corrected chi connectivity index (χ0v) is 14.4. The Kier molecular flexibility index (Phi) is 5.34. The van der Waals surface area contributed by atoms with Crippen molar-refractivity contribution in [1.82, 2.24) is 10.2 Å². The lowest BCUT2D eigenvalue weighted by Gasteiger charge is -2.32. The van der Waals surface area contributed by atoms with Gasteiger partial charge >= 0.3 is 0 Å². The Morgan fingerprint density at radius 3 is 2.57 bits per heavy atom. The molecule has 0 aromatic heterocycles. The zero-order chi connectivity index (χ0) is 14.2. The highest BCUT2D eigenvalue weighted by atomic mass is 35.5. The van der Waals surface area contributed by atoms with Gasteiger partial charge in [0, 0.05) is 25.7 Å². The molecule has 0 spiro atoms. The van der Waals surface area contributed by atoms with Gasteiger partial charge in [-0.3, -0.25) is 4.90 Å². The Morgan fingerprint density at radius 2 is 2.00 bits per heavy atom. The lowest BCUT2D eigenvalue weighted by Crippen LogP contribution is -2.38. The van der Waals surface area contributed by atoms with Gasteiger partial charge in [-0.1, -0.05) is 25.1 Å². The summed E-state index contributed by atoms with van der Waals surface area (Å²) >= 11 is 0. The molecular formula is C18H29ClN2. The predicted octanol–water partition coefficient (Wildman–Crippen LogP) is 3.69. The van der Waals surface area contributed by atoms with Gasteiger partial charge in [0.1, 0.15) is 0 Å². The highest BCUT2D eigenvalue weighted by Crippen LogP contribution is 2.34. The minimum atomic E-state index is 0. The molecule has 3 rings (SSSR count). The van der Waals surface area contributed by atoms with E-state index in [1.165, 1.54) is 55.6 Å². The molecule has 1 atom stereocenters. The molecule has 0 radical (unpaired) electrons. The van der Waals surface area contributed by atoms with E-state index in [2.05, 4.69) is 49.2 Å². The highest BCUT2D eigenvalue weighted by molar-refractivity contribution is 5.85. The van der Waals surface area contributed by atoms with Gasteiger partial charge in [0.2, 0.25) is 0 Å². The van der Waals surface area contributed by atoms with Crippen LogP contribution in [0, 0.1) is 19.3 Å². The summed E-state index contributed by atoms with van der Waals surface area (Å²) in [6.07, 6.45) is 4.12. The van der Waals surface area contributed by atoms with E-state index >= 15 is 0 Å². The van der Waals surface area contributed by atoms with Crippen LogP contribution in [-0.2, 0) is 6.54 Å². The molecule has 1 saturated heterocycles. The van der Waals surface area contributed by atoms with Gasteiger partial charge in [-0.15, -0.1) is 12.4 Å². The fraction of sp³-hybridized carbons (Fsp3) is 0.667. The van der Waals surface area contributed by atoms with Crippen LogP contribution in [0.15, 0.2) is 18.2 Å². The number of rotatable bonds is 5. The summed E-state index contributed by atoms with van der Waals surface area (Å²) in [6, 6.07) is 7.80.